The fraction of sp³-hybridized carbons (Fsp3) is 0.240. The molecule has 2 heterocycles. The maximum atomic E-state index is 13.4. The second kappa shape index (κ2) is 6.41. The van der Waals surface area contributed by atoms with Crippen LogP contribution in [0.3, 0.4) is 0 Å². The highest BCUT2D eigenvalue weighted by Crippen LogP contribution is 2.47. The lowest BCUT2D eigenvalue weighted by Gasteiger charge is -2.29. The predicted molar refractivity (Wildman–Crippen MR) is 121 cm³/mol. The Morgan fingerprint density at radius 2 is 1.55 bits per heavy atom. The van der Waals surface area contributed by atoms with Crippen molar-refractivity contribution in [2.24, 2.45) is 7.05 Å². The van der Waals surface area contributed by atoms with Crippen molar-refractivity contribution in [2.45, 2.75) is 32.1 Å². The second-order valence-corrected chi connectivity index (χ2v) is 9.17. The van der Waals surface area contributed by atoms with Crippen molar-refractivity contribution in [3.63, 3.8) is 0 Å². The number of rotatable bonds is 1. The minimum atomic E-state index is -0.573. The number of hydrogen-bond donors (Lipinski definition) is 2. The minimum Gasteiger partial charge on any atom is -0.340 e. The van der Waals surface area contributed by atoms with Crippen LogP contribution < -0.4 is 16.6 Å². The number of nitrogens with one attached hydrogen (secondary N) is 2. The van der Waals surface area contributed by atoms with E-state index in [-0.39, 0.29) is 11.2 Å². The molecule has 1 unspecified atom stereocenters. The summed E-state index contributed by atoms with van der Waals surface area (Å²) in [5, 5.41) is 3.23. The quantitative estimate of drug-likeness (QED) is 0.639. The third-order valence-electron chi connectivity index (χ3n) is 6.25. The third-order valence-corrected chi connectivity index (χ3v) is 6.25. The first kappa shape index (κ1) is 19.3. The molecular formula is C25H23N3O3. The molecule has 0 saturated carbocycles. The molecular weight excluding hydrogens is 390 g/mol. The Morgan fingerprint density at radius 1 is 0.903 bits per heavy atom. The summed E-state index contributed by atoms with van der Waals surface area (Å²) < 4.78 is 1.39. The van der Waals surface area contributed by atoms with Gasteiger partial charge in [0.05, 0.1) is 11.3 Å². The van der Waals surface area contributed by atoms with E-state index in [1.54, 1.807) is 13.1 Å². The third kappa shape index (κ3) is 2.75. The van der Waals surface area contributed by atoms with E-state index in [9.17, 15) is 14.4 Å². The number of ketones is 1. The van der Waals surface area contributed by atoms with Gasteiger partial charge in [-0.1, -0.05) is 69.3 Å². The fourth-order valence-electron chi connectivity index (χ4n) is 4.54. The Labute approximate surface area is 179 Å². The zero-order valence-electron chi connectivity index (χ0n) is 17.9. The fourth-order valence-corrected chi connectivity index (χ4v) is 4.54. The molecule has 3 aromatic rings. The van der Waals surface area contributed by atoms with Gasteiger partial charge in [0.2, 0.25) is 0 Å². The van der Waals surface area contributed by atoms with Crippen LogP contribution in [0.4, 0.5) is 5.82 Å². The average molecular weight is 413 g/mol. The van der Waals surface area contributed by atoms with Crippen LogP contribution in [0.2, 0.25) is 0 Å². The summed E-state index contributed by atoms with van der Waals surface area (Å²) in [6, 6.07) is 15.4. The highest BCUT2D eigenvalue weighted by Gasteiger charge is 2.42. The summed E-state index contributed by atoms with van der Waals surface area (Å²) in [7, 11) is 1.61. The summed E-state index contributed by atoms with van der Waals surface area (Å²) in [6.45, 7) is 6.42. The van der Waals surface area contributed by atoms with Crippen molar-refractivity contribution in [3.8, 4) is 0 Å². The zero-order valence-corrected chi connectivity index (χ0v) is 17.9. The summed E-state index contributed by atoms with van der Waals surface area (Å²) in [4.78, 5) is 41.1. The van der Waals surface area contributed by atoms with Gasteiger partial charge in [0, 0.05) is 29.7 Å². The summed E-state index contributed by atoms with van der Waals surface area (Å²) in [5.74, 6) is -0.250. The SMILES string of the molecule is Cn1c2c(c(=O)[nH]c1=O)C(c1ccc(C(C)(C)C)cc1)C1=C(N2)c2ccccc2C1=O. The summed E-state index contributed by atoms with van der Waals surface area (Å²) in [5.41, 5.74) is 3.98. The van der Waals surface area contributed by atoms with Gasteiger partial charge in [0.1, 0.15) is 5.82 Å². The van der Waals surface area contributed by atoms with Gasteiger partial charge < -0.3 is 5.32 Å². The number of nitrogens with zero attached hydrogens (tertiary/aromatic N) is 1. The number of benzene rings is 2. The van der Waals surface area contributed by atoms with E-state index >= 15 is 0 Å². The molecule has 1 aromatic heterocycles. The smallest absolute Gasteiger partial charge is 0.329 e. The minimum absolute atomic E-state index is 0.0181. The molecule has 156 valence electrons. The molecule has 6 heteroatoms. The number of aromatic amines is 1. The average Bonchev–Trinajstić information content (AvgIpc) is 3.02. The van der Waals surface area contributed by atoms with E-state index in [4.69, 9.17) is 0 Å². The molecule has 6 nitrogen and oxygen atoms in total. The van der Waals surface area contributed by atoms with Crippen molar-refractivity contribution in [1.29, 1.82) is 0 Å². The van der Waals surface area contributed by atoms with Gasteiger partial charge in [-0.05, 0) is 16.5 Å². The number of anilines is 1. The number of carbonyl (C=O) groups excluding carboxylic acids is 1. The molecule has 1 atom stereocenters. The molecule has 0 radical (unpaired) electrons. The summed E-state index contributed by atoms with van der Waals surface area (Å²) in [6.07, 6.45) is 0. The number of aromatic nitrogens is 2. The van der Waals surface area contributed by atoms with Crippen LogP contribution in [-0.2, 0) is 12.5 Å². The molecule has 0 amide bonds. The number of Topliss-reactive ketones (excluding diaryl/α,β-unsaturated/α-hetero) is 1. The largest absolute Gasteiger partial charge is 0.340 e. The van der Waals surface area contributed by atoms with Crippen molar-refractivity contribution in [2.75, 3.05) is 5.32 Å². The van der Waals surface area contributed by atoms with Crippen molar-refractivity contribution >= 4 is 17.3 Å². The second-order valence-electron chi connectivity index (χ2n) is 9.17. The highest BCUT2D eigenvalue weighted by atomic mass is 16.2. The van der Waals surface area contributed by atoms with Crippen LogP contribution in [0.1, 0.15) is 59.3 Å². The van der Waals surface area contributed by atoms with E-state index < -0.39 is 17.2 Å². The first-order valence-electron chi connectivity index (χ1n) is 10.3. The Balaban J connectivity index is 1.80. The maximum Gasteiger partial charge on any atom is 0.329 e. The van der Waals surface area contributed by atoms with E-state index in [2.05, 4.69) is 31.1 Å². The lowest BCUT2D eigenvalue weighted by atomic mass is 9.80. The molecule has 2 aliphatic rings. The van der Waals surface area contributed by atoms with E-state index in [0.717, 1.165) is 16.7 Å². The molecule has 2 aromatic carbocycles. The number of hydrogen-bond acceptors (Lipinski definition) is 4. The molecule has 0 saturated heterocycles. The standard InChI is InChI=1S/C25H23N3O3/c1-25(2,3)14-11-9-13(10-12-14)17-18-20(15-7-5-6-8-16(15)21(18)29)26-22-19(17)23(30)27-24(31)28(22)4/h5-12,17,26H,1-4H3,(H,27,30,31). The molecule has 0 spiro atoms. The number of allylic oxidation sites excluding steroid dienone is 1. The van der Waals surface area contributed by atoms with Crippen molar-refractivity contribution in [3.05, 3.63) is 103 Å². The Bertz CT molecular complexity index is 1400. The summed E-state index contributed by atoms with van der Waals surface area (Å²) >= 11 is 0. The van der Waals surface area contributed by atoms with Gasteiger partial charge in [-0.25, -0.2) is 4.79 Å². The molecule has 5 rings (SSSR count). The van der Waals surface area contributed by atoms with Crippen LogP contribution in [0, 0.1) is 0 Å². The molecule has 2 N–H and O–H groups in total. The van der Waals surface area contributed by atoms with E-state index in [1.807, 2.05) is 42.5 Å². The van der Waals surface area contributed by atoms with Gasteiger partial charge in [-0.2, -0.15) is 0 Å². The van der Waals surface area contributed by atoms with Crippen LogP contribution in [-0.4, -0.2) is 15.3 Å². The predicted octanol–water partition coefficient (Wildman–Crippen LogP) is 3.54. The number of H-pyrrole nitrogens is 1. The first-order valence-corrected chi connectivity index (χ1v) is 10.3. The molecule has 31 heavy (non-hydrogen) atoms. The van der Waals surface area contributed by atoms with Gasteiger partial charge >= 0.3 is 5.69 Å². The van der Waals surface area contributed by atoms with Crippen LogP contribution in [0.15, 0.2) is 63.7 Å². The lowest BCUT2D eigenvalue weighted by Crippen LogP contribution is -2.37. The molecule has 1 aliphatic carbocycles. The Hall–Kier alpha value is -3.67. The normalized spacial score (nSPS) is 17.2. The van der Waals surface area contributed by atoms with Gasteiger partial charge in [-0.15, -0.1) is 0 Å². The van der Waals surface area contributed by atoms with Crippen LogP contribution in [0.25, 0.3) is 5.70 Å². The Kier molecular flexibility index (Phi) is 3.99. The number of carbonyl (C=O) groups is 1. The Morgan fingerprint density at radius 3 is 2.19 bits per heavy atom. The van der Waals surface area contributed by atoms with Gasteiger partial charge in [0.25, 0.3) is 5.56 Å². The van der Waals surface area contributed by atoms with Crippen molar-refractivity contribution < 1.29 is 4.79 Å². The molecule has 0 bridgehead atoms. The van der Waals surface area contributed by atoms with Crippen molar-refractivity contribution in [1.82, 2.24) is 9.55 Å². The van der Waals surface area contributed by atoms with Gasteiger partial charge in [0.15, 0.2) is 5.78 Å². The number of fused-ring (bicyclic) bond motifs is 3. The van der Waals surface area contributed by atoms with Crippen LogP contribution in [0.5, 0.6) is 0 Å². The van der Waals surface area contributed by atoms with Gasteiger partial charge in [-0.3, -0.25) is 19.1 Å². The zero-order chi connectivity index (χ0) is 22.1. The van der Waals surface area contributed by atoms with E-state index in [0.29, 0.717) is 28.2 Å². The first-order chi connectivity index (χ1) is 14.7. The maximum absolute atomic E-state index is 13.4. The molecule has 0 fully saturated rings. The topological polar surface area (TPSA) is 84.0 Å². The monoisotopic (exact) mass is 413 g/mol. The van der Waals surface area contributed by atoms with E-state index in [1.165, 1.54) is 4.57 Å². The lowest BCUT2D eigenvalue weighted by molar-refractivity contribution is 0.103. The van der Waals surface area contributed by atoms with Crippen LogP contribution >= 0.6 is 0 Å². The molecule has 1 aliphatic heterocycles. The highest BCUT2D eigenvalue weighted by molar-refractivity contribution is 6.23.